The Morgan fingerprint density at radius 1 is 1.22 bits per heavy atom. The highest BCUT2D eigenvalue weighted by Crippen LogP contribution is 2.36. The van der Waals surface area contributed by atoms with Crippen LogP contribution in [0.15, 0.2) is 54.6 Å². The number of carbonyl (C=O) groups excluding carboxylic acids is 1. The number of carbonyl (C=O) groups is 1. The van der Waals surface area contributed by atoms with Crippen LogP contribution in [0.2, 0.25) is 0 Å². The van der Waals surface area contributed by atoms with Crippen molar-refractivity contribution < 1.29 is 19.0 Å². The predicted molar refractivity (Wildman–Crippen MR) is 138 cm³/mol. The zero-order chi connectivity index (χ0) is 25.7. The summed E-state index contributed by atoms with van der Waals surface area (Å²) in [5, 5.41) is 8.11. The van der Waals surface area contributed by atoms with Crippen molar-refractivity contribution in [1.82, 2.24) is 15.0 Å². The number of allylic oxidation sites excluding steroid dienone is 1. The van der Waals surface area contributed by atoms with E-state index in [-0.39, 0.29) is 24.5 Å². The first kappa shape index (κ1) is 25.0. The molecule has 0 bridgehead atoms. The van der Waals surface area contributed by atoms with Gasteiger partial charge in [-0.3, -0.25) is 4.79 Å². The van der Waals surface area contributed by atoms with E-state index in [0.29, 0.717) is 47.4 Å². The number of benzene rings is 2. The Morgan fingerprint density at radius 3 is 2.58 bits per heavy atom. The Bertz CT molecular complexity index is 1240. The van der Waals surface area contributed by atoms with Crippen LogP contribution >= 0.6 is 0 Å². The van der Waals surface area contributed by atoms with Crippen LogP contribution in [0, 0.1) is 5.92 Å². The van der Waals surface area contributed by atoms with Gasteiger partial charge in [0.1, 0.15) is 36.3 Å². The minimum Gasteiger partial charge on any atom is -0.496 e. The molecule has 1 saturated heterocycles. The maximum Gasteiger partial charge on any atom is 0.245 e. The van der Waals surface area contributed by atoms with E-state index in [1.165, 1.54) is 11.3 Å². The third-order valence-corrected chi connectivity index (χ3v) is 5.54. The molecule has 3 aromatic rings. The van der Waals surface area contributed by atoms with Gasteiger partial charge >= 0.3 is 0 Å². The van der Waals surface area contributed by atoms with Gasteiger partial charge in [-0.1, -0.05) is 13.8 Å². The lowest BCUT2D eigenvalue weighted by molar-refractivity contribution is -0.116. The van der Waals surface area contributed by atoms with Gasteiger partial charge in [-0.15, -0.1) is 0 Å². The van der Waals surface area contributed by atoms with Crippen molar-refractivity contribution in [3.05, 3.63) is 54.6 Å². The lowest BCUT2D eigenvalue weighted by atomic mass is 10.1. The Hall–Kier alpha value is -4.09. The van der Waals surface area contributed by atoms with E-state index in [4.69, 9.17) is 25.8 Å². The van der Waals surface area contributed by atoms with Crippen molar-refractivity contribution in [2.45, 2.75) is 20.0 Å². The number of hydrogen-bond acceptors (Lipinski definition) is 10. The van der Waals surface area contributed by atoms with Gasteiger partial charge in [0.25, 0.3) is 0 Å². The quantitative estimate of drug-likeness (QED) is 0.245. The first-order valence-corrected chi connectivity index (χ1v) is 11.5. The first-order chi connectivity index (χ1) is 17.3. The molecule has 6 N–H and O–H groups in total. The standard InChI is InChI=1S/C25H31N7O4/c1-15(2)20(26)10-32(27)11-23(33)30-16-4-6-17(7-5-16)31-25-24-21(28-14-29-25)8-18(9-22(24)34-3)36-19-12-35-13-19/h4-10,14-15,19H,11-13,26-27H2,1-3H3,(H,30,33)(H,28,29,31)/b20-10-. The molecule has 1 aliphatic heterocycles. The smallest absolute Gasteiger partial charge is 0.245 e. The van der Waals surface area contributed by atoms with Crippen molar-refractivity contribution >= 4 is 34.0 Å². The molecule has 1 fully saturated rings. The van der Waals surface area contributed by atoms with Gasteiger partial charge in [0.2, 0.25) is 5.91 Å². The average molecular weight is 494 g/mol. The summed E-state index contributed by atoms with van der Waals surface area (Å²) in [6.45, 7) is 5.02. The molecule has 4 rings (SSSR count). The van der Waals surface area contributed by atoms with Crippen LogP contribution in [0.4, 0.5) is 17.2 Å². The number of aromatic nitrogens is 2. The number of nitrogens with one attached hydrogen (secondary N) is 2. The number of rotatable bonds is 10. The summed E-state index contributed by atoms with van der Waals surface area (Å²) < 4.78 is 16.7. The van der Waals surface area contributed by atoms with Crippen molar-refractivity contribution in [1.29, 1.82) is 0 Å². The molecule has 0 unspecified atom stereocenters. The molecule has 36 heavy (non-hydrogen) atoms. The summed E-state index contributed by atoms with van der Waals surface area (Å²) in [6.07, 6.45) is 3.08. The zero-order valence-corrected chi connectivity index (χ0v) is 20.5. The van der Waals surface area contributed by atoms with Crippen LogP contribution in [-0.4, -0.2) is 53.9 Å². The largest absolute Gasteiger partial charge is 0.496 e. The molecule has 1 aromatic heterocycles. The number of nitrogens with two attached hydrogens (primary N) is 2. The van der Waals surface area contributed by atoms with Gasteiger partial charge in [-0.05, 0) is 30.2 Å². The van der Waals surface area contributed by atoms with Crippen LogP contribution in [0.25, 0.3) is 10.9 Å². The van der Waals surface area contributed by atoms with Crippen LogP contribution < -0.4 is 31.7 Å². The summed E-state index contributed by atoms with van der Waals surface area (Å²) in [5.74, 6) is 7.58. The highest BCUT2D eigenvalue weighted by atomic mass is 16.6. The van der Waals surface area contributed by atoms with Crippen molar-refractivity contribution in [2.75, 3.05) is 37.5 Å². The van der Waals surface area contributed by atoms with Crippen molar-refractivity contribution in [2.24, 2.45) is 17.5 Å². The Kier molecular flexibility index (Phi) is 7.71. The summed E-state index contributed by atoms with van der Waals surface area (Å²) in [5.41, 5.74) is 8.58. The van der Waals surface area contributed by atoms with Gasteiger partial charge in [0.05, 0.1) is 31.2 Å². The Balaban J connectivity index is 1.44. The number of ether oxygens (including phenoxy) is 3. The highest BCUT2D eigenvalue weighted by molar-refractivity contribution is 5.97. The first-order valence-electron chi connectivity index (χ1n) is 11.5. The Labute approximate surface area is 209 Å². The molecule has 0 spiro atoms. The van der Waals surface area contributed by atoms with Gasteiger partial charge < -0.3 is 35.6 Å². The molecule has 0 atom stereocenters. The number of hydrazine groups is 1. The molecule has 1 aliphatic rings. The van der Waals surface area contributed by atoms with Gasteiger partial charge in [0, 0.05) is 35.4 Å². The summed E-state index contributed by atoms with van der Waals surface area (Å²) >= 11 is 0. The average Bonchev–Trinajstić information content (AvgIpc) is 2.82. The summed E-state index contributed by atoms with van der Waals surface area (Å²) in [4.78, 5) is 21.1. The summed E-state index contributed by atoms with van der Waals surface area (Å²) in [7, 11) is 1.59. The molecule has 1 amide bonds. The topological polar surface area (TPSA) is 150 Å². The van der Waals surface area contributed by atoms with Gasteiger partial charge in [-0.25, -0.2) is 15.8 Å². The molecule has 0 aliphatic carbocycles. The third-order valence-electron chi connectivity index (χ3n) is 5.54. The molecule has 0 saturated carbocycles. The fraction of sp³-hybridized carbons (Fsp3) is 0.320. The third kappa shape index (κ3) is 6.12. The number of methoxy groups -OCH3 is 1. The lowest BCUT2D eigenvalue weighted by Crippen LogP contribution is -2.38. The van der Waals surface area contributed by atoms with E-state index in [2.05, 4.69) is 20.6 Å². The normalized spacial score (nSPS) is 13.9. The molecular formula is C25H31N7O4. The van der Waals surface area contributed by atoms with E-state index >= 15 is 0 Å². The second-order valence-electron chi connectivity index (χ2n) is 8.73. The second-order valence-corrected chi connectivity index (χ2v) is 8.73. The van der Waals surface area contributed by atoms with E-state index < -0.39 is 0 Å². The van der Waals surface area contributed by atoms with Crippen molar-refractivity contribution in [3.63, 3.8) is 0 Å². The van der Waals surface area contributed by atoms with Crippen LogP contribution in [0.1, 0.15) is 13.8 Å². The maximum atomic E-state index is 12.3. The molecule has 11 nitrogen and oxygen atoms in total. The van der Waals surface area contributed by atoms with Crippen LogP contribution in [-0.2, 0) is 9.53 Å². The van der Waals surface area contributed by atoms with Gasteiger partial charge in [0.15, 0.2) is 0 Å². The number of nitrogens with zero attached hydrogens (tertiary/aromatic N) is 3. The molecule has 2 heterocycles. The zero-order valence-electron chi connectivity index (χ0n) is 20.5. The number of amides is 1. The van der Waals surface area contributed by atoms with Crippen LogP contribution in [0.5, 0.6) is 11.5 Å². The fourth-order valence-electron chi connectivity index (χ4n) is 3.45. The predicted octanol–water partition coefficient (Wildman–Crippen LogP) is 2.73. The van der Waals surface area contributed by atoms with E-state index in [1.54, 1.807) is 25.4 Å². The second kappa shape index (κ2) is 11.1. The number of anilines is 3. The highest BCUT2D eigenvalue weighted by Gasteiger charge is 2.21. The van der Waals surface area contributed by atoms with E-state index in [0.717, 1.165) is 11.1 Å². The number of fused-ring (bicyclic) bond motifs is 1. The SMILES string of the molecule is COc1cc(OC2COC2)cc2ncnc(Nc3ccc(NC(=O)CN(N)/C=C(\N)C(C)C)cc3)c12. The minimum atomic E-state index is -0.260. The monoisotopic (exact) mass is 493 g/mol. The lowest BCUT2D eigenvalue weighted by Gasteiger charge is -2.27. The Morgan fingerprint density at radius 2 is 1.94 bits per heavy atom. The van der Waals surface area contributed by atoms with Crippen LogP contribution in [0.3, 0.4) is 0 Å². The summed E-state index contributed by atoms with van der Waals surface area (Å²) in [6, 6.07) is 10.9. The molecule has 0 radical (unpaired) electrons. The molecule has 11 heteroatoms. The van der Waals surface area contributed by atoms with Crippen molar-refractivity contribution in [3.8, 4) is 11.5 Å². The fourth-order valence-corrected chi connectivity index (χ4v) is 3.45. The molecule has 190 valence electrons. The van der Waals surface area contributed by atoms with E-state index in [1.807, 2.05) is 38.1 Å². The number of hydrogen-bond donors (Lipinski definition) is 4. The molecular weight excluding hydrogens is 462 g/mol. The van der Waals surface area contributed by atoms with E-state index in [9.17, 15) is 4.79 Å². The minimum absolute atomic E-state index is 0.0282. The maximum absolute atomic E-state index is 12.3. The van der Waals surface area contributed by atoms with Gasteiger partial charge in [-0.2, -0.15) is 0 Å². The molecule has 2 aromatic carbocycles.